The zero-order chi connectivity index (χ0) is 17.9. The van der Waals surface area contributed by atoms with Crippen LogP contribution in [0.1, 0.15) is 27.8 Å². The van der Waals surface area contributed by atoms with Gasteiger partial charge in [0, 0.05) is 6.54 Å². The van der Waals surface area contributed by atoms with E-state index >= 15 is 0 Å². The number of carboxylic acids is 1. The summed E-state index contributed by atoms with van der Waals surface area (Å²) in [6.07, 6.45) is -0.195. The Bertz CT molecular complexity index is 858. The molecule has 0 unspecified atom stereocenters. The van der Waals surface area contributed by atoms with Crippen molar-refractivity contribution in [1.29, 1.82) is 0 Å². The summed E-state index contributed by atoms with van der Waals surface area (Å²) in [5, 5.41) is 9.07. The van der Waals surface area contributed by atoms with Gasteiger partial charge in [0.1, 0.15) is 0 Å². The molecule has 0 spiro atoms. The highest BCUT2D eigenvalue weighted by Crippen LogP contribution is 2.27. The van der Waals surface area contributed by atoms with Gasteiger partial charge < -0.3 is 5.11 Å². The Labute approximate surface area is 142 Å². The third kappa shape index (κ3) is 4.01. The topological polar surface area (TPSA) is 83.5 Å². The van der Waals surface area contributed by atoms with E-state index in [-0.39, 0.29) is 17.9 Å². The first-order chi connectivity index (χ1) is 11.2. The van der Waals surface area contributed by atoms with Crippen LogP contribution in [0.2, 0.25) is 0 Å². The van der Waals surface area contributed by atoms with Crippen LogP contribution in [0.15, 0.2) is 41.3 Å². The fourth-order valence-electron chi connectivity index (χ4n) is 2.89. The number of nitrogens with one attached hydrogen (secondary N) is 1. The highest BCUT2D eigenvalue weighted by molar-refractivity contribution is 7.89. The number of hydrogen-bond donors (Lipinski definition) is 2. The molecule has 2 aromatic rings. The molecule has 0 radical (unpaired) electrons. The molecule has 0 saturated carbocycles. The maximum Gasteiger partial charge on any atom is 0.307 e. The largest absolute Gasteiger partial charge is 0.481 e. The Morgan fingerprint density at radius 3 is 2.29 bits per heavy atom. The van der Waals surface area contributed by atoms with Gasteiger partial charge in [0.15, 0.2) is 0 Å². The van der Waals surface area contributed by atoms with Crippen LogP contribution in [-0.2, 0) is 27.8 Å². The van der Waals surface area contributed by atoms with Crippen molar-refractivity contribution < 1.29 is 18.3 Å². The van der Waals surface area contributed by atoms with Gasteiger partial charge in [0.2, 0.25) is 10.0 Å². The van der Waals surface area contributed by atoms with Crippen LogP contribution < -0.4 is 4.72 Å². The number of rotatable bonds is 6. The number of aliphatic carboxylic acids is 1. The molecular formula is C18H21NO4S. The van der Waals surface area contributed by atoms with Crippen molar-refractivity contribution in [3.63, 3.8) is 0 Å². The lowest BCUT2D eigenvalue weighted by molar-refractivity contribution is -0.136. The zero-order valence-electron chi connectivity index (χ0n) is 14.0. The van der Waals surface area contributed by atoms with Crippen molar-refractivity contribution in [1.82, 2.24) is 4.72 Å². The number of hydrogen-bond acceptors (Lipinski definition) is 3. The predicted octanol–water partition coefficient (Wildman–Crippen LogP) is 2.72. The van der Waals surface area contributed by atoms with Gasteiger partial charge in [-0.2, -0.15) is 0 Å². The number of aryl methyl sites for hydroxylation is 2. The summed E-state index contributed by atoms with van der Waals surface area (Å²) in [4.78, 5) is 11.2. The Kier molecular flexibility index (Phi) is 5.41. The molecule has 5 nitrogen and oxygen atoms in total. The first-order valence-electron chi connectivity index (χ1n) is 7.57. The first kappa shape index (κ1) is 18.2. The third-order valence-corrected chi connectivity index (χ3v) is 5.66. The molecule has 0 heterocycles. The quantitative estimate of drug-likeness (QED) is 0.841. The van der Waals surface area contributed by atoms with Gasteiger partial charge in [-0.25, -0.2) is 13.1 Å². The highest BCUT2D eigenvalue weighted by Gasteiger charge is 2.23. The summed E-state index contributed by atoms with van der Waals surface area (Å²) < 4.78 is 28.1. The van der Waals surface area contributed by atoms with Crippen molar-refractivity contribution >= 4 is 16.0 Å². The smallest absolute Gasteiger partial charge is 0.307 e. The third-order valence-electron chi connectivity index (χ3n) is 3.97. The second-order valence-electron chi connectivity index (χ2n) is 5.82. The Hall–Kier alpha value is -2.18. The van der Waals surface area contributed by atoms with Crippen LogP contribution in [0.4, 0.5) is 0 Å². The second kappa shape index (κ2) is 7.15. The second-order valence-corrected chi connectivity index (χ2v) is 7.53. The molecule has 6 heteroatoms. The van der Waals surface area contributed by atoms with Crippen LogP contribution >= 0.6 is 0 Å². The summed E-state index contributed by atoms with van der Waals surface area (Å²) in [5.41, 5.74) is 3.30. The fraction of sp³-hybridized carbons (Fsp3) is 0.278. The van der Waals surface area contributed by atoms with Crippen molar-refractivity contribution in [2.45, 2.75) is 38.6 Å². The van der Waals surface area contributed by atoms with E-state index in [9.17, 15) is 13.2 Å². The summed E-state index contributed by atoms with van der Waals surface area (Å²) in [5.74, 6) is -0.981. The Balaban J connectivity index is 2.40. The normalized spacial score (nSPS) is 11.5. The molecule has 2 N–H and O–H groups in total. The molecule has 0 aliphatic rings. The SMILES string of the molecule is Cc1cc(C)c(S(=O)(=O)NCc2ccccc2)c(C)c1CC(=O)O. The molecule has 0 aliphatic carbocycles. The molecule has 0 bridgehead atoms. The minimum Gasteiger partial charge on any atom is -0.481 e. The van der Waals surface area contributed by atoms with E-state index in [1.54, 1.807) is 26.8 Å². The monoisotopic (exact) mass is 347 g/mol. The average molecular weight is 347 g/mol. The summed E-state index contributed by atoms with van der Waals surface area (Å²) in [6, 6.07) is 11.0. The molecule has 2 rings (SSSR count). The lowest BCUT2D eigenvalue weighted by Gasteiger charge is -2.17. The lowest BCUT2D eigenvalue weighted by Crippen LogP contribution is -2.25. The van der Waals surface area contributed by atoms with Crippen LogP contribution in [0, 0.1) is 20.8 Å². The molecule has 0 aliphatic heterocycles. The summed E-state index contributed by atoms with van der Waals surface area (Å²) >= 11 is 0. The molecule has 0 saturated heterocycles. The van der Waals surface area contributed by atoms with Gasteiger partial charge in [-0.1, -0.05) is 36.4 Å². The zero-order valence-corrected chi connectivity index (χ0v) is 14.8. The molecule has 2 aromatic carbocycles. The van der Waals surface area contributed by atoms with Gasteiger partial charge in [0.25, 0.3) is 0 Å². The molecular weight excluding hydrogens is 326 g/mol. The minimum absolute atomic E-state index is 0.167. The van der Waals surface area contributed by atoms with Gasteiger partial charge in [-0.15, -0.1) is 0 Å². The Morgan fingerprint density at radius 2 is 1.71 bits per heavy atom. The van der Waals surface area contributed by atoms with E-state index in [1.807, 2.05) is 30.3 Å². The van der Waals surface area contributed by atoms with Crippen LogP contribution in [0.5, 0.6) is 0 Å². The van der Waals surface area contributed by atoms with Crippen molar-refractivity contribution in [2.24, 2.45) is 0 Å². The molecule has 0 amide bonds. The molecule has 128 valence electrons. The maximum atomic E-state index is 12.7. The van der Waals surface area contributed by atoms with Crippen LogP contribution in [0.25, 0.3) is 0 Å². The van der Waals surface area contributed by atoms with Crippen LogP contribution in [0.3, 0.4) is 0 Å². The average Bonchev–Trinajstić information content (AvgIpc) is 2.50. The van der Waals surface area contributed by atoms with Gasteiger partial charge in [-0.05, 0) is 48.6 Å². The fourth-order valence-corrected chi connectivity index (χ4v) is 4.40. The number of sulfonamides is 1. The van der Waals surface area contributed by atoms with Crippen molar-refractivity contribution in [3.8, 4) is 0 Å². The van der Waals surface area contributed by atoms with E-state index in [0.717, 1.165) is 11.1 Å². The summed E-state index contributed by atoms with van der Waals surface area (Å²) in [7, 11) is -3.74. The number of carboxylic acid groups (broad SMARTS) is 1. The Morgan fingerprint density at radius 1 is 1.08 bits per heavy atom. The maximum absolute atomic E-state index is 12.7. The lowest BCUT2D eigenvalue weighted by atomic mass is 9.97. The number of carbonyl (C=O) groups is 1. The van der Waals surface area contributed by atoms with Crippen molar-refractivity contribution in [3.05, 3.63) is 64.2 Å². The van der Waals surface area contributed by atoms with Crippen molar-refractivity contribution in [2.75, 3.05) is 0 Å². The molecule has 0 fully saturated rings. The molecule has 0 aromatic heterocycles. The van der Waals surface area contributed by atoms with Gasteiger partial charge >= 0.3 is 5.97 Å². The highest BCUT2D eigenvalue weighted by atomic mass is 32.2. The van der Waals surface area contributed by atoms with E-state index in [0.29, 0.717) is 16.7 Å². The van der Waals surface area contributed by atoms with E-state index in [4.69, 9.17) is 5.11 Å². The first-order valence-corrected chi connectivity index (χ1v) is 9.05. The van der Waals surface area contributed by atoms with E-state index < -0.39 is 16.0 Å². The van der Waals surface area contributed by atoms with Gasteiger partial charge in [0.05, 0.1) is 11.3 Å². The summed E-state index contributed by atoms with van der Waals surface area (Å²) in [6.45, 7) is 5.37. The van der Waals surface area contributed by atoms with Crippen LogP contribution in [-0.4, -0.2) is 19.5 Å². The minimum atomic E-state index is -3.74. The molecule has 24 heavy (non-hydrogen) atoms. The van der Waals surface area contributed by atoms with Gasteiger partial charge in [-0.3, -0.25) is 4.79 Å². The van der Waals surface area contributed by atoms with E-state index in [1.165, 1.54) is 0 Å². The number of benzene rings is 2. The predicted molar refractivity (Wildman–Crippen MR) is 92.5 cm³/mol. The standard InChI is InChI=1S/C18H21NO4S/c1-12-9-13(2)18(14(3)16(12)10-17(20)21)24(22,23)19-11-15-7-5-4-6-8-15/h4-9,19H,10-11H2,1-3H3,(H,20,21). The van der Waals surface area contributed by atoms with E-state index in [2.05, 4.69) is 4.72 Å². The molecule has 0 atom stereocenters.